The lowest BCUT2D eigenvalue weighted by Gasteiger charge is -2.33. The van der Waals surface area contributed by atoms with Crippen molar-refractivity contribution in [2.75, 3.05) is 13.1 Å². The number of nitrogens with zero attached hydrogens (tertiary/aromatic N) is 1. The normalized spacial score (nSPS) is 22.1. The number of rotatable bonds is 34. The number of likely N-dealkylation sites (tertiary alicyclic amines) is 1. The Labute approximate surface area is 642 Å². The van der Waals surface area contributed by atoms with Gasteiger partial charge >= 0.3 is 5.97 Å². The van der Waals surface area contributed by atoms with Gasteiger partial charge in [-0.2, -0.15) is 0 Å². The molecule has 30 heteroatoms. The number of aliphatic hydroxyl groups excluding tert-OH is 1. The molecule has 0 radical (unpaired) electrons. The molecule has 606 valence electrons. The van der Waals surface area contributed by atoms with Gasteiger partial charge in [0.1, 0.15) is 84.3 Å². The first kappa shape index (κ1) is 92.1. The lowest BCUT2D eigenvalue weighted by molar-refractivity contribution is -0.157. The maximum absolute atomic E-state index is 15.1. The predicted octanol–water partition coefficient (Wildman–Crippen LogP) is 2.42. The van der Waals surface area contributed by atoms with Gasteiger partial charge in [-0.3, -0.25) is 62.3 Å². The van der Waals surface area contributed by atoms with E-state index in [1.54, 1.807) is 144 Å². The number of benzene rings is 2. The molecule has 0 spiro atoms. The molecule has 2 aliphatic heterocycles. The minimum absolute atomic E-state index is 0.0375. The topological polar surface area (TPSA) is 442 Å². The maximum Gasteiger partial charge on any atom is 0.329 e. The fourth-order valence-electron chi connectivity index (χ4n) is 12.7. The molecule has 2 heterocycles. The van der Waals surface area contributed by atoms with Crippen LogP contribution < -0.4 is 69.5 Å². The Balaban J connectivity index is 1.66. The molecule has 2 fully saturated rings. The Morgan fingerprint density at radius 2 is 1.16 bits per heavy atom. The highest BCUT2D eigenvalue weighted by atomic mass is 16.5. The van der Waals surface area contributed by atoms with Crippen molar-refractivity contribution < 1.29 is 77.0 Å². The van der Waals surface area contributed by atoms with Crippen molar-refractivity contribution in [2.45, 2.75) is 273 Å². The summed E-state index contributed by atoms with van der Waals surface area (Å²) < 4.78 is 5.97. The summed E-state index contributed by atoms with van der Waals surface area (Å²) in [6, 6.07) is 0.765. The van der Waals surface area contributed by atoms with Gasteiger partial charge in [0.15, 0.2) is 0 Å². The number of hydrogen-bond acceptors (Lipinski definition) is 17. The zero-order valence-corrected chi connectivity index (χ0v) is 66.8. The molecular formula is C79H124N14O16. The third-order valence-electron chi connectivity index (χ3n) is 19.9. The van der Waals surface area contributed by atoms with Crippen LogP contribution in [-0.4, -0.2) is 191 Å². The van der Waals surface area contributed by atoms with Gasteiger partial charge in [0.05, 0.1) is 6.10 Å². The van der Waals surface area contributed by atoms with Gasteiger partial charge in [-0.1, -0.05) is 183 Å². The lowest BCUT2D eigenvalue weighted by atomic mass is 9.95. The molecule has 0 saturated carbocycles. The van der Waals surface area contributed by atoms with Crippen LogP contribution in [0.4, 0.5) is 0 Å². The standard InChI is InChI=1S/C79H124N14O16/c1-18-47(14)63(75(104)92-66-50(17)109-79(108)62(46(12)13)88-67(96)53(20-3)81-69(98)55(40-51-31-23-21-24-32-51)83-72(101)60(44(8)9)86-74(103)64(48(15)19-2)90-77(66)106)89-68(97)54(35-28-38-80)82-71(100)57-36-29-39-93(57)78(107)61(45(10)11)87-70(99)56(41-52-33-25-22-26-34-52)84-76(105)65(49(16)94)91-73(102)59(43(6)7)85-58(95)37-27-30-42(4)5/h20-26,31-34,42-50,54-57,59-66,94H,18-19,27-30,35-41,80H2,1-17H3,(H,81,98)(H,82,100)(H,83,101)(H,84,105)(H,85,95)(H,86,103)(H,87,99)(H,88,96)(H,89,97)(H,90,106)(H,91,102)(H,92,104)/b53-20-/t47-,48-,49+,50+,54-,55-,56-,57+,59+,60+,61+,62-,63+,64+,65-,66+/m0/s1. The number of ether oxygens (including phenoxy) is 1. The number of carbonyl (C=O) groups excluding carboxylic acids is 14. The molecule has 0 aliphatic carbocycles. The maximum atomic E-state index is 15.1. The summed E-state index contributed by atoms with van der Waals surface area (Å²) in [5, 5.41) is 43.5. The van der Waals surface area contributed by atoms with E-state index in [-0.39, 0.29) is 69.6 Å². The zero-order chi connectivity index (χ0) is 81.7. The summed E-state index contributed by atoms with van der Waals surface area (Å²) in [7, 11) is 0. The van der Waals surface area contributed by atoms with Crippen LogP contribution in [0, 0.1) is 41.4 Å². The first-order chi connectivity index (χ1) is 51.4. The second-order valence-corrected chi connectivity index (χ2v) is 30.7. The molecule has 0 unspecified atom stereocenters. The number of nitrogens with two attached hydrogens (primary N) is 1. The van der Waals surface area contributed by atoms with Crippen molar-refractivity contribution in [1.82, 2.24) is 68.7 Å². The second-order valence-electron chi connectivity index (χ2n) is 30.7. The van der Waals surface area contributed by atoms with E-state index in [0.717, 1.165) is 6.42 Å². The summed E-state index contributed by atoms with van der Waals surface area (Å²) in [6.45, 7) is 28.5. The van der Waals surface area contributed by atoms with Crippen molar-refractivity contribution in [3.63, 3.8) is 0 Å². The molecular weight excluding hydrogens is 1400 g/mol. The molecule has 2 saturated heterocycles. The number of amides is 13. The molecule has 15 N–H and O–H groups in total. The molecule has 2 aromatic carbocycles. The highest BCUT2D eigenvalue weighted by Gasteiger charge is 2.44. The van der Waals surface area contributed by atoms with Crippen molar-refractivity contribution in [2.24, 2.45) is 47.2 Å². The molecule has 2 aliphatic rings. The van der Waals surface area contributed by atoms with Crippen LogP contribution in [0.1, 0.15) is 187 Å². The van der Waals surface area contributed by atoms with E-state index in [4.69, 9.17) is 10.5 Å². The first-order valence-electron chi connectivity index (χ1n) is 38.7. The monoisotopic (exact) mass is 1520 g/mol. The number of carbonyl (C=O) groups is 14. The van der Waals surface area contributed by atoms with Crippen molar-refractivity contribution in [3.8, 4) is 0 Å². The van der Waals surface area contributed by atoms with Crippen LogP contribution >= 0.6 is 0 Å². The number of aliphatic hydroxyl groups is 1. The van der Waals surface area contributed by atoms with E-state index >= 15 is 9.59 Å². The van der Waals surface area contributed by atoms with E-state index in [0.29, 0.717) is 36.3 Å². The number of hydrogen-bond donors (Lipinski definition) is 14. The van der Waals surface area contributed by atoms with Crippen molar-refractivity contribution >= 4 is 82.8 Å². The van der Waals surface area contributed by atoms with Crippen LogP contribution in [0.2, 0.25) is 0 Å². The minimum atomic E-state index is -1.83. The Kier molecular flexibility index (Phi) is 38.0. The Bertz CT molecular complexity index is 3440. The fourth-order valence-corrected chi connectivity index (χ4v) is 12.7. The fraction of sp³-hybridized carbons (Fsp3) is 0.646. The van der Waals surface area contributed by atoms with Gasteiger partial charge in [-0.15, -0.1) is 0 Å². The highest BCUT2D eigenvalue weighted by molar-refractivity contribution is 6.03. The van der Waals surface area contributed by atoms with E-state index in [1.165, 1.54) is 31.7 Å². The third-order valence-corrected chi connectivity index (χ3v) is 19.9. The van der Waals surface area contributed by atoms with Crippen LogP contribution in [0.5, 0.6) is 0 Å². The van der Waals surface area contributed by atoms with E-state index in [9.17, 15) is 62.6 Å². The number of allylic oxidation sites excluding steroid dienone is 1. The number of esters is 1. The summed E-state index contributed by atoms with van der Waals surface area (Å²) >= 11 is 0. The number of nitrogens with one attached hydrogen (secondary N) is 12. The summed E-state index contributed by atoms with van der Waals surface area (Å²) in [5.74, 6) is -14.7. The minimum Gasteiger partial charge on any atom is -0.458 e. The number of cyclic esters (lactones) is 1. The molecule has 13 amide bonds. The quantitative estimate of drug-likeness (QED) is 0.0353. The molecule has 0 bridgehead atoms. The highest BCUT2D eigenvalue weighted by Crippen LogP contribution is 2.23. The Morgan fingerprint density at radius 1 is 0.596 bits per heavy atom. The van der Waals surface area contributed by atoms with Gasteiger partial charge in [0.2, 0.25) is 70.9 Å². The van der Waals surface area contributed by atoms with Crippen molar-refractivity contribution in [1.29, 1.82) is 0 Å². The van der Waals surface area contributed by atoms with Gasteiger partial charge in [0.25, 0.3) is 5.91 Å². The summed E-state index contributed by atoms with van der Waals surface area (Å²) in [4.78, 5) is 204. The van der Waals surface area contributed by atoms with Crippen LogP contribution in [-0.2, 0) is 84.7 Å². The van der Waals surface area contributed by atoms with Crippen LogP contribution in [0.3, 0.4) is 0 Å². The van der Waals surface area contributed by atoms with Crippen LogP contribution in [0.15, 0.2) is 72.4 Å². The molecule has 4 rings (SSSR count). The molecule has 0 aromatic heterocycles. The Morgan fingerprint density at radius 3 is 1.71 bits per heavy atom. The molecule has 30 nitrogen and oxygen atoms in total. The SMILES string of the molecule is C/C=C1\NC(=O)[C@H](Cc2ccccc2)NC(=O)[C@@H](C(C)C)NC(=O)[C@@H]([C@@H](C)CC)NC(=O)[C@H](NC(=O)[C@H](NC(=O)[C@H](CCCN)NC(=O)[C@H]2CCCN2C(=O)[C@H](NC(=O)[C@H](Cc2ccccc2)NC(=O)[C@@H](NC(=O)[C@H](NC(=O)CCCC(C)C)C(C)C)[C@@H](C)O)C(C)C)[C@@H](C)CC)[C@@H](C)OC(=O)[C@H](C(C)C)NC1=O. The largest absolute Gasteiger partial charge is 0.458 e. The van der Waals surface area contributed by atoms with E-state index in [1.807, 2.05) is 13.8 Å². The first-order valence-corrected chi connectivity index (χ1v) is 38.7. The van der Waals surface area contributed by atoms with E-state index in [2.05, 4.69) is 63.8 Å². The second kappa shape index (κ2) is 45.0. The summed E-state index contributed by atoms with van der Waals surface area (Å²) in [6.07, 6.45) is 0.811. The Hall–Kier alpha value is -9.32. The average molecular weight is 1530 g/mol. The smallest absolute Gasteiger partial charge is 0.329 e. The van der Waals surface area contributed by atoms with Crippen molar-refractivity contribution in [3.05, 3.63) is 83.6 Å². The van der Waals surface area contributed by atoms with E-state index < -0.39 is 197 Å². The molecule has 2 aromatic rings. The predicted molar refractivity (Wildman–Crippen MR) is 411 cm³/mol. The molecule has 16 atom stereocenters. The zero-order valence-electron chi connectivity index (χ0n) is 66.8. The summed E-state index contributed by atoms with van der Waals surface area (Å²) in [5.41, 5.74) is 6.97. The average Bonchev–Trinajstić information content (AvgIpc) is 1.78. The molecule has 109 heavy (non-hydrogen) atoms. The van der Waals surface area contributed by atoms with Gasteiger partial charge in [-0.25, -0.2) is 4.79 Å². The third kappa shape index (κ3) is 28.3. The van der Waals surface area contributed by atoms with Gasteiger partial charge < -0.3 is 84.3 Å². The van der Waals surface area contributed by atoms with Gasteiger partial charge in [0, 0.05) is 25.8 Å². The van der Waals surface area contributed by atoms with Crippen LogP contribution in [0.25, 0.3) is 0 Å². The lowest BCUT2D eigenvalue weighted by Crippen LogP contribution is -2.64. The van der Waals surface area contributed by atoms with Gasteiger partial charge in [-0.05, 0) is 112 Å².